The number of aromatic nitrogens is 1. The number of hydrogen-bond donors (Lipinski definition) is 2. The summed E-state index contributed by atoms with van der Waals surface area (Å²) in [5.41, 5.74) is 7.19. The molecular weight excluding hydrogens is 382 g/mol. The lowest BCUT2D eigenvalue weighted by Crippen LogP contribution is -2.01. The molecule has 2 N–H and O–H groups in total. The van der Waals surface area contributed by atoms with Crippen molar-refractivity contribution in [3.63, 3.8) is 0 Å². The summed E-state index contributed by atoms with van der Waals surface area (Å²) >= 11 is 0. The molecule has 3 aromatic rings. The minimum absolute atomic E-state index is 0.116. The Morgan fingerprint density at radius 2 is 1.97 bits per heavy atom. The van der Waals surface area contributed by atoms with Gasteiger partial charge < -0.3 is 14.6 Å². The van der Waals surface area contributed by atoms with Crippen molar-refractivity contribution in [1.82, 2.24) is 4.98 Å². The molecule has 0 saturated heterocycles. The molecule has 0 fully saturated rings. The van der Waals surface area contributed by atoms with Gasteiger partial charge in [0.25, 0.3) is 0 Å². The fraction of sp³-hybridized carbons (Fsp3) is 0.174. The molecule has 0 aliphatic heterocycles. The van der Waals surface area contributed by atoms with Crippen LogP contribution >= 0.6 is 0 Å². The first-order valence-corrected chi connectivity index (χ1v) is 9.31. The number of pyridine rings is 1. The highest BCUT2D eigenvalue weighted by atomic mass is 16.5. The van der Waals surface area contributed by atoms with Crippen LogP contribution in [0.25, 0.3) is 0 Å². The Balaban J connectivity index is 1.65. The van der Waals surface area contributed by atoms with Crippen LogP contribution in [0.1, 0.15) is 32.6 Å². The first-order valence-electron chi connectivity index (χ1n) is 9.31. The van der Waals surface area contributed by atoms with Gasteiger partial charge in [-0.2, -0.15) is 5.10 Å². The Kier molecular flexibility index (Phi) is 6.64. The predicted molar refractivity (Wildman–Crippen MR) is 116 cm³/mol. The van der Waals surface area contributed by atoms with Gasteiger partial charge in [-0.05, 0) is 60.9 Å². The SMILES string of the molecule is COc1cc(/C=N/Nc2ccc(C(=O)O)cn2)ccc1OCc1cc(C)ccc1C. The zero-order valence-electron chi connectivity index (χ0n) is 17.0. The Morgan fingerprint density at radius 1 is 1.13 bits per heavy atom. The van der Waals surface area contributed by atoms with Crippen molar-refractivity contribution >= 4 is 18.0 Å². The average Bonchev–Trinajstić information content (AvgIpc) is 2.75. The molecule has 0 bridgehead atoms. The molecule has 0 aliphatic rings. The van der Waals surface area contributed by atoms with Crippen molar-refractivity contribution in [2.75, 3.05) is 12.5 Å². The van der Waals surface area contributed by atoms with Crippen molar-refractivity contribution in [2.45, 2.75) is 20.5 Å². The number of nitrogens with one attached hydrogen (secondary N) is 1. The van der Waals surface area contributed by atoms with Crippen LogP contribution in [-0.2, 0) is 6.61 Å². The number of ether oxygens (including phenoxy) is 2. The Morgan fingerprint density at radius 3 is 2.67 bits per heavy atom. The third kappa shape index (κ3) is 5.35. The van der Waals surface area contributed by atoms with Crippen molar-refractivity contribution < 1.29 is 19.4 Å². The number of carboxylic acid groups (broad SMARTS) is 1. The van der Waals surface area contributed by atoms with E-state index in [4.69, 9.17) is 14.6 Å². The topological polar surface area (TPSA) is 93.0 Å². The summed E-state index contributed by atoms with van der Waals surface area (Å²) in [5, 5.41) is 13.0. The van der Waals surface area contributed by atoms with E-state index in [0.29, 0.717) is 23.9 Å². The van der Waals surface area contributed by atoms with Gasteiger partial charge in [-0.25, -0.2) is 9.78 Å². The number of hydrazone groups is 1. The van der Waals surface area contributed by atoms with E-state index < -0.39 is 5.97 Å². The number of aryl methyl sites for hydroxylation is 2. The van der Waals surface area contributed by atoms with Gasteiger partial charge in [0, 0.05) is 6.20 Å². The lowest BCUT2D eigenvalue weighted by Gasteiger charge is -2.13. The van der Waals surface area contributed by atoms with E-state index in [1.807, 2.05) is 18.2 Å². The Hall–Kier alpha value is -3.87. The van der Waals surface area contributed by atoms with Crippen LogP contribution in [0.2, 0.25) is 0 Å². The summed E-state index contributed by atoms with van der Waals surface area (Å²) in [6, 6.07) is 14.8. The predicted octanol–water partition coefficient (Wildman–Crippen LogP) is 4.43. The van der Waals surface area contributed by atoms with E-state index in [-0.39, 0.29) is 5.56 Å². The van der Waals surface area contributed by atoms with Crippen LogP contribution < -0.4 is 14.9 Å². The van der Waals surface area contributed by atoms with Crippen LogP contribution in [0, 0.1) is 13.8 Å². The number of carboxylic acids is 1. The van der Waals surface area contributed by atoms with Crippen molar-refractivity contribution in [1.29, 1.82) is 0 Å². The smallest absolute Gasteiger partial charge is 0.337 e. The molecule has 7 nitrogen and oxygen atoms in total. The molecule has 0 saturated carbocycles. The zero-order valence-corrected chi connectivity index (χ0v) is 17.0. The summed E-state index contributed by atoms with van der Waals surface area (Å²) < 4.78 is 11.4. The van der Waals surface area contributed by atoms with Gasteiger partial charge >= 0.3 is 5.97 Å². The zero-order chi connectivity index (χ0) is 21.5. The van der Waals surface area contributed by atoms with Gasteiger partial charge in [-0.1, -0.05) is 23.8 Å². The molecule has 7 heteroatoms. The molecule has 3 rings (SSSR count). The fourth-order valence-corrected chi connectivity index (χ4v) is 2.75. The maximum atomic E-state index is 10.8. The monoisotopic (exact) mass is 405 g/mol. The normalized spacial score (nSPS) is 10.8. The van der Waals surface area contributed by atoms with Gasteiger partial charge in [-0.15, -0.1) is 0 Å². The first kappa shape index (κ1) is 20.9. The second kappa shape index (κ2) is 9.56. The van der Waals surface area contributed by atoms with Gasteiger partial charge in [0.05, 0.1) is 18.9 Å². The average molecular weight is 405 g/mol. The molecule has 30 heavy (non-hydrogen) atoms. The quantitative estimate of drug-likeness (QED) is 0.425. The molecule has 1 aromatic heterocycles. The van der Waals surface area contributed by atoms with Crippen LogP contribution in [-0.4, -0.2) is 29.4 Å². The van der Waals surface area contributed by atoms with Crippen molar-refractivity contribution in [3.05, 3.63) is 82.5 Å². The minimum atomic E-state index is -1.02. The molecular formula is C23H23N3O4. The maximum absolute atomic E-state index is 10.8. The number of benzene rings is 2. The van der Waals surface area contributed by atoms with E-state index in [1.54, 1.807) is 19.4 Å². The molecule has 0 atom stereocenters. The van der Waals surface area contributed by atoms with Crippen LogP contribution in [0.15, 0.2) is 59.8 Å². The molecule has 0 amide bonds. The Labute approximate surface area is 175 Å². The number of anilines is 1. The minimum Gasteiger partial charge on any atom is -0.493 e. The summed E-state index contributed by atoms with van der Waals surface area (Å²) in [4.78, 5) is 14.8. The lowest BCUT2D eigenvalue weighted by molar-refractivity contribution is 0.0696. The molecule has 154 valence electrons. The molecule has 0 aliphatic carbocycles. The molecule has 2 aromatic carbocycles. The number of aromatic carboxylic acids is 1. The van der Waals surface area contributed by atoms with Crippen LogP contribution in [0.5, 0.6) is 11.5 Å². The van der Waals surface area contributed by atoms with E-state index >= 15 is 0 Å². The standard InChI is InChI=1S/C23H23N3O4/c1-15-4-5-16(2)19(10-15)14-30-20-8-6-17(11-21(20)29-3)12-25-26-22-9-7-18(13-24-22)23(27)28/h4-13H,14H2,1-3H3,(H,24,26)(H,27,28)/b25-12+. The summed E-state index contributed by atoms with van der Waals surface area (Å²) in [6.07, 6.45) is 2.88. The largest absolute Gasteiger partial charge is 0.493 e. The molecule has 0 spiro atoms. The summed E-state index contributed by atoms with van der Waals surface area (Å²) in [6.45, 7) is 4.57. The van der Waals surface area contributed by atoms with Gasteiger partial charge in [0.2, 0.25) is 0 Å². The lowest BCUT2D eigenvalue weighted by atomic mass is 10.1. The van der Waals surface area contributed by atoms with Gasteiger partial charge in [-0.3, -0.25) is 5.43 Å². The Bertz CT molecular complexity index is 1060. The molecule has 1 heterocycles. The highest BCUT2D eigenvalue weighted by molar-refractivity contribution is 5.87. The van der Waals surface area contributed by atoms with Gasteiger partial charge in [0.1, 0.15) is 12.4 Å². The summed E-state index contributed by atoms with van der Waals surface area (Å²) in [7, 11) is 1.59. The van der Waals surface area contributed by atoms with Gasteiger partial charge in [0.15, 0.2) is 11.5 Å². The van der Waals surface area contributed by atoms with E-state index in [1.165, 1.54) is 23.4 Å². The first-order chi connectivity index (χ1) is 14.5. The third-order valence-electron chi connectivity index (χ3n) is 4.48. The number of nitrogens with zero attached hydrogens (tertiary/aromatic N) is 2. The molecule has 0 unspecified atom stereocenters. The van der Waals surface area contributed by atoms with Crippen LogP contribution in [0.4, 0.5) is 5.82 Å². The highest BCUT2D eigenvalue weighted by Crippen LogP contribution is 2.28. The highest BCUT2D eigenvalue weighted by Gasteiger charge is 2.07. The van der Waals surface area contributed by atoms with Crippen molar-refractivity contribution in [2.24, 2.45) is 5.10 Å². The second-order valence-electron chi connectivity index (χ2n) is 6.74. The number of methoxy groups -OCH3 is 1. The van der Waals surface area contributed by atoms with E-state index in [9.17, 15) is 4.79 Å². The fourth-order valence-electron chi connectivity index (χ4n) is 2.75. The molecule has 0 radical (unpaired) electrons. The number of hydrogen-bond acceptors (Lipinski definition) is 6. The van der Waals surface area contributed by atoms with Crippen LogP contribution in [0.3, 0.4) is 0 Å². The number of rotatable bonds is 8. The maximum Gasteiger partial charge on any atom is 0.337 e. The second-order valence-corrected chi connectivity index (χ2v) is 6.74. The number of carbonyl (C=O) groups is 1. The third-order valence-corrected chi connectivity index (χ3v) is 4.48. The van der Waals surface area contributed by atoms with E-state index in [0.717, 1.165) is 11.1 Å². The summed E-state index contributed by atoms with van der Waals surface area (Å²) in [5.74, 6) is 0.670. The van der Waals surface area contributed by atoms with E-state index in [2.05, 4.69) is 47.6 Å². The van der Waals surface area contributed by atoms with Crippen molar-refractivity contribution in [3.8, 4) is 11.5 Å².